The van der Waals surface area contributed by atoms with Gasteiger partial charge in [0.2, 0.25) is 17.5 Å². The van der Waals surface area contributed by atoms with Crippen molar-refractivity contribution in [3.63, 3.8) is 0 Å². The highest BCUT2D eigenvalue weighted by Crippen LogP contribution is 2.39. The van der Waals surface area contributed by atoms with Crippen molar-refractivity contribution < 1.29 is 94.1 Å². The molecule has 0 bridgehead atoms. The summed E-state index contributed by atoms with van der Waals surface area (Å²) in [4.78, 5) is 14.1. The largest absolute Gasteiger partial charge is 0.508 e. The van der Waals surface area contributed by atoms with E-state index in [0.717, 1.165) is 12.1 Å². The SMILES string of the molecule is C[C@@H]1O[C@@H](O[C@@H]2[C@H](Oc3c(-c4ccc(O)cc4)oc4cc(O)cc(O)c4c3=O)O[C@H](CO)[C@@H](O)[C@H]2O[C@@H]2O[C@H](CO)[C@@H](O)[C@@H](O)[C@@H]2O)[C@@H](O)[C@H](O)[C@H]1O. The summed E-state index contributed by atoms with van der Waals surface area (Å²) in [7, 11) is 0. The van der Waals surface area contributed by atoms with Gasteiger partial charge in [0.1, 0.15) is 89.3 Å². The molecule has 0 amide bonds. The van der Waals surface area contributed by atoms with Gasteiger partial charge in [0.15, 0.2) is 24.4 Å². The molecular weight excluding hydrogens is 716 g/mol. The second-order valence-electron chi connectivity index (χ2n) is 12.9. The third kappa shape index (κ3) is 7.39. The molecular formula is C33H40O20. The Morgan fingerprint density at radius 3 is 1.85 bits per heavy atom. The fourth-order valence-electron chi connectivity index (χ4n) is 6.35. The van der Waals surface area contributed by atoms with Crippen LogP contribution in [-0.2, 0) is 23.7 Å². The van der Waals surface area contributed by atoms with E-state index in [1.165, 1.54) is 31.2 Å². The lowest BCUT2D eigenvalue weighted by Crippen LogP contribution is -2.67. The van der Waals surface area contributed by atoms with E-state index >= 15 is 0 Å². The lowest BCUT2D eigenvalue weighted by Gasteiger charge is -2.48. The maximum absolute atomic E-state index is 14.1. The van der Waals surface area contributed by atoms with Gasteiger partial charge in [-0.05, 0) is 31.2 Å². The first-order valence-corrected chi connectivity index (χ1v) is 16.4. The number of hydrogen-bond donors (Lipinski definition) is 12. The molecule has 15 atom stereocenters. The van der Waals surface area contributed by atoms with E-state index in [-0.39, 0.29) is 22.7 Å². The van der Waals surface area contributed by atoms with Gasteiger partial charge >= 0.3 is 0 Å². The van der Waals surface area contributed by atoms with Crippen LogP contribution in [0.1, 0.15) is 6.92 Å². The summed E-state index contributed by atoms with van der Waals surface area (Å²) in [5, 5.41) is 125. The predicted octanol–water partition coefficient (Wildman–Crippen LogP) is -3.57. The minimum absolute atomic E-state index is 0.109. The highest BCUT2D eigenvalue weighted by Gasteiger charge is 2.55. The Hall–Kier alpha value is -3.71. The number of aliphatic hydroxyl groups is 9. The number of ether oxygens (including phenoxy) is 6. The van der Waals surface area contributed by atoms with Gasteiger partial charge in [0.05, 0.1) is 19.3 Å². The quantitative estimate of drug-likeness (QED) is 0.100. The molecule has 3 saturated heterocycles. The maximum atomic E-state index is 14.1. The van der Waals surface area contributed by atoms with Crippen molar-refractivity contribution in [3.05, 3.63) is 46.6 Å². The summed E-state index contributed by atoms with van der Waals surface area (Å²) in [5.41, 5.74) is -1.24. The van der Waals surface area contributed by atoms with E-state index < -0.39 is 133 Å². The van der Waals surface area contributed by atoms with Crippen molar-refractivity contribution in [3.8, 4) is 34.3 Å². The number of hydrogen-bond acceptors (Lipinski definition) is 20. The minimum Gasteiger partial charge on any atom is -0.508 e. The number of aromatic hydroxyl groups is 3. The van der Waals surface area contributed by atoms with Crippen molar-refractivity contribution in [1.82, 2.24) is 0 Å². The zero-order valence-electron chi connectivity index (χ0n) is 27.7. The number of phenols is 3. The van der Waals surface area contributed by atoms with Crippen molar-refractivity contribution in [2.24, 2.45) is 0 Å². The van der Waals surface area contributed by atoms with E-state index in [9.17, 15) is 66.1 Å². The summed E-state index contributed by atoms with van der Waals surface area (Å²) in [6.07, 6.45) is -26.9. The fraction of sp³-hybridized carbons (Fsp3) is 0.545. The zero-order valence-corrected chi connectivity index (χ0v) is 27.7. The first kappa shape index (κ1) is 39.0. The van der Waals surface area contributed by atoms with Crippen LogP contribution in [0.2, 0.25) is 0 Å². The van der Waals surface area contributed by atoms with Gasteiger partial charge in [0.25, 0.3) is 0 Å². The molecule has 1 aromatic heterocycles. The molecule has 53 heavy (non-hydrogen) atoms. The molecule has 292 valence electrons. The molecule has 20 heteroatoms. The molecule has 3 aliphatic heterocycles. The first-order valence-electron chi connectivity index (χ1n) is 16.4. The molecule has 3 aliphatic rings. The molecule has 0 aliphatic carbocycles. The van der Waals surface area contributed by atoms with Crippen LogP contribution in [0.15, 0.2) is 45.6 Å². The van der Waals surface area contributed by atoms with Crippen molar-refractivity contribution in [2.75, 3.05) is 13.2 Å². The minimum atomic E-state index is -2.02. The van der Waals surface area contributed by atoms with Gasteiger partial charge < -0.3 is 94.1 Å². The van der Waals surface area contributed by atoms with Gasteiger partial charge in [0, 0.05) is 17.7 Å². The van der Waals surface area contributed by atoms with Crippen LogP contribution < -0.4 is 10.2 Å². The Morgan fingerprint density at radius 1 is 0.642 bits per heavy atom. The Morgan fingerprint density at radius 2 is 1.21 bits per heavy atom. The molecule has 12 N–H and O–H groups in total. The van der Waals surface area contributed by atoms with Crippen molar-refractivity contribution in [1.29, 1.82) is 0 Å². The van der Waals surface area contributed by atoms with Gasteiger partial charge in [-0.2, -0.15) is 0 Å². The number of aliphatic hydroxyl groups excluding tert-OH is 9. The summed E-state index contributed by atoms with van der Waals surface area (Å²) < 4.78 is 40.8. The number of fused-ring (bicyclic) bond motifs is 1. The molecule has 3 fully saturated rings. The Labute approximate surface area is 298 Å². The lowest BCUT2D eigenvalue weighted by molar-refractivity contribution is -0.383. The molecule has 0 spiro atoms. The average Bonchev–Trinajstić information content (AvgIpc) is 3.12. The number of rotatable bonds is 9. The molecule has 0 unspecified atom stereocenters. The third-order valence-corrected chi connectivity index (χ3v) is 9.32. The van der Waals surface area contributed by atoms with Crippen LogP contribution in [0.4, 0.5) is 0 Å². The van der Waals surface area contributed by atoms with Gasteiger partial charge in [-0.1, -0.05) is 0 Å². The predicted molar refractivity (Wildman–Crippen MR) is 171 cm³/mol. The Balaban J connectivity index is 1.47. The van der Waals surface area contributed by atoms with Crippen LogP contribution in [0.25, 0.3) is 22.3 Å². The van der Waals surface area contributed by atoms with E-state index in [4.69, 9.17) is 32.8 Å². The van der Waals surface area contributed by atoms with Crippen LogP contribution in [0.3, 0.4) is 0 Å². The van der Waals surface area contributed by atoms with Crippen molar-refractivity contribution in [2.45, 2.75) is 99.0 Å². The van der Waals surface area contributed by atoms with Gasteiger partial charge in [-0.3, -0.25) is 4.79 Å². The lowest BCUT2D eigenvalue weighted by atomic mass is 9.96. The van der Waals surface area contributed by atoms with E-state index in [1.54, 1.807) is 0 Å². The number of phenolic OH excluding ortho intramolecular Hbond substituents is 3. The fourth-order valence-corrected chi connectivity index (χ4v) is 6.35. The molecule has 0 radical (unpaired) electrons. The molecule has 2 aromatic carbocycles. The van der Waals surface area contributed by atoms with E-state index in [2.05, 4.69) is 0 Å². The molecule has 3 aromatic rings. The molecule has 0 saturated carbocycles. The standard InChI is InChI=1S/C33H40O20/c1-10-19(39)23(43)25(45)31(47-10)53-30-28(51-32-26(46)24(44)20(40)16(8-34)49-32)21(41)17(9-35)50-33(30)52-29-22(42)18-14(38)6-13(37)7-15(18)48-27(29)11-2-4-12(36)5-3-11/h2-7,10,16-17,19-21,23-26,28,30-41,43-46H,8-9H2,1H3/t10-,16+,17+,19-,20+,21+,23+,24+,25-,26-,28+,30-,31-,32-,33-/m0/s1. The molecule has 4 heterocycles. The summed E-state index contributed by atoms with van der Waals surface area (Å²) in [6.45, 7) is -0.451. The Bertz CT molecular complexity index is 1780. The zero-order chi connectivity index (χ0) is 38.5. The van der Waals surface area contributed by atoms with Crippen LogP contribution in [0, 0.1) is 0 Å². The summed E-state index contributed by atoms with van der Waals surface area (Å²) in [6, 6.07) is 7.05. The third-order valence-electron chi connectivity index (χ3n) is 9.32. The second-order valence-corrected chi connectivity index (χ2v) is 12.9. The van der Waals surface area contributed by atoms with Crippen LogP contribution >= 0.6 is 0 Å². The monoisotopic (exact) mass is 756 g/mol. The average molecular weight is 757 g/mol. The topological polar surface area (TPSA) is 328 Å². The van der Waals surface area contributed by atoms with Gasteiger partial charge in [-0.15, -0.1) is 0 Å². The molecule has 20 nitrogen and oxygen atoms in total. The Kier molecular flexibility index (Phi) is 11.5. The smallest absolute Gasteiger partial charge is 0.239 e. The normalized spacial score (nSPS) is 37.8. The van der Waals surface area contributed by atoms with E-state index in [0.29, 0.717) is 0 Å². The second kappa shape index (κ2) is 15.6. The first-order chi connectivity index (χ1) is 25.1. The highest BCUT2D eigenvalue weighted by atomic mass is 16.8. The van der Waals surface area contributed by atoms with Crippen molar-refractivity contribution >= 4 is 11.0 Å². The van der Waals surface area contributed by atoms with E-state index in [1.807, 2.05) is 0 Å². The maximum Gasteiger partial charge on any atom is 0.239 e. The number of benzene rings is 2. The van der Waals surface area contributed by atoms with Gasteiger partial charge in [-0.25, -0.2) is 0 Å². The van der Waals surface area contributed by atoms with Crippen LogP contribution in [0.5, 0.6) is 23.0 Å². The van der Waals surface area contributed by atoms with Crippen LogP contribution in [-0.4, -0.2) is 167 Å². The summed E-state index contributed by atoms with van der Waals surface area (Å²) in [5.74, 6) is -2.40. The highest BCUT2D eigenvalue weighted by molar-refractivity contribution is 5.88. The summed E-state index contributed by atoms with van der Waals surface area (Å²) >= 11 is 0. The molecule has 6 rings (SSSR count).